The molecule has 18 heavy (non-hydrogen) atoms. The predicted octanol–water partition coefficient (Wildman–Crippen LogP) is -1.58. The summed E-state index contributed by atoms with van der Waals surface area (Å²) in [7, 11) is 0. The minimum absolute atomic E-state index is 0.120. The van der Waals surface area contributed by atoms with Crippen LogP contribution < -0.4 is 16.6 Å². The van der Waals surface area contributed by atoms with Gasteiger partial charge in [0.15, 0.2) is 0 Å². The topological polar surface area (TPSA) is 104 Å². The molecular formula is C11H15N3O4. The second-order valence-corrected chi connectivity index (χ2v) is 4.53. The third kappa shape index (κ3) is 3.07. The molecule has 98 valence electrons. The average Bonchev–Trinajstić information content (AvgIpc) is 2.27. The fourth-order valence-corrected chi connectivity index (χ4v) is 1.90. The van der Waals surface area contributed by atoms with Crippen LogP contribution in [0.5, 0.6) is 0 Å². The second kappa shape index (κ2) is 5.18. The summed E-state index contributed by atoms with van der Waals surface area (Å²) in [5, 5.41) is 11.8. The van der Waals surface area contributed by atoms with E-state index in [0.29, 0.717) is 25.3 Å². The Labute approximate surface area is 102 Å². The van der Waals surface area contributed by atoms with E-state index in [1.807, 2.05) is 0 Å². The lowest BCUT2D eigenvalue weighted by molar-refractivity contribution is -0.122. The summed E-state index contributed by atoms with van der Waals surface area (Å²) in [5.41, 5.74) is -1.09. The number of aromatic nitrogens is 2. The molecule has 2 rings (SSSR count). The van der Waals surface area contributed by atoms with Gasteiger partial charge in [0.1, 0.15) is 6.54 Å². The first-order chi connectivity index (χ1) is 8.54. The van der Waals surface area contributed by atoms with Crippen molar-refractivity contribution in [2.24, 2.45) is 5.92 Å². The van der Waals surface area contributed by atoms with Gasteiger partial charge in [0.05, 0.1) is 6.10 Å². The highest BCUT2D eigenvalue weighted by Crippen LogP contribution is 2.25. The standard InChI is InChI=1S/C11H15N3O4/c15-8-3-7(4-8)5-12-10(17)6-14-2-1-9(16)13-11(14)18/h1-2,7-8,15H,3-6H2,(H,12,17)(H,13,16,18). The maximum absolute atomic E-state index is 11.6. The number of carbonyl (C=O) groups excluding carboxylic acids is 1. The van der Waals surface area contributed by atoms with Gasteiger partial charge in [-0.1, -0.05) is 0 Å². The molecule has 1 fully saturated rings. The predicted molar refractivity (Wildman–Crippen MR) is 63.1 cm³/mol. The Balaban J connectivity index is 1.83. The molecule has 7 nitrogen and oxygen atoms in total. The van der Waals surface area contributed by atoms with Gasteiger partial charge in [-0.25, -0.2) is 4.79 Å². The van der Waals surface area contributed by atoms with E-state index in [1.54, 1.807) is 0 Å². The number of H-pyrrole nitrogens is 1. The van der Waals surface area contributed by atoms with E-state index in [2.05, 4.69) is 10.3 Å². The van der Waals surface area contributed by atoms with Crippen molar-refractivity contribution in [2.45, 2.75) is 25.5 Å². The Morgan fingerprint density at radius 2 is 2.22 bits per heavy atom. The third-order valence-electron chi connectivity index (χ3n) is 3.01. The van der Waals surface area contributed by atoms with Crippen LogP contribution in [-0.2, 0) is 11.3 Å². The van der Waals surface area contributed by atoms with Crippen LogP contribution in [0.3, 0.4) is 0 Å². The summed E-state index contributed by atoms with van der Waals surface area (Å²) in [6.07, 6.45) is 2.46. The van der Waals surface area contributed by atoms with Crippen molar-refractivity contribution in [3.05, 3.63) is 33.1 Å². The summed E-state index contributed by atoms with van der Waals surface area (Å²) in [5.74, 6) is 0.0294. The van der Waals surface area contributed by atoms with Gasteiger partial charge < -0.3 is 10.4 Å². The van der Waals surface area contributed by atoms with Crippen molar-refractivity contribution in [3.63, 3.8) is 0 Å². The van der Waals surface area contributed by atoms with E-state index in [4.69, 9.17) is 5.11 Å². The van der Waals surface area contributed by atoms with Gasteiger partial charge >= 0.3 is 5.69 Å². The Morgan fingerprint density at radius 3 is 2.83 bits per heavy atom. The number of carbonyl (C=O) groups is 1. The molecule has 0 saturated heterocycles. The van der Waals surface area contributed by atoms with E-state index in [9.17, 15) is 14.4 Å². The van der Waals surface area contributed by atoms with Crippen LogP contribution >= 0.6 is 0 Å². The van der Waals surface area contributed by atoms with Crippen LogP contribution in [0, 0.1) is 5.92 Å². The summed E-state index contributed by atoms with van der Waals surface area (Å²) in [4.78, 5) is 35.8. The maximum atomic E-state index is 11.6. The molecule has 1 aliphatic carbocycles. The zero-order valence-corrected chi connectivity index (χ0v) is 9.76. The molecule has 1 saturated carbocycles. The molecule has 3 N–H and O–H groups in total. The number of nitrogens with one attached hydrogen (secondary N) is 2. The fourth-order valence-electron chi connectivity index (χ4n) is 1.90. The lowest BCUT2D eigenvalue weighted by Gasteiger charge is -2.31. The molecule has 1 aromatic rings. The monoisotopic (exact) mass is 253 g/mol. The lowest BCUT2D eigenvalue weighted by atomic mass is 9.82. The number of rotatable bonds is 4. The SMILES string of the molecule is O=C(Cn1ccc(=O)[nH]c1=O)NCC1CC(O)C1. The highest BCUT2D eigenvalue weighted by molar-refractivity contribution is 5.75. The van der Waals surface area contributed by atoms with Crippen molar-refractivity contribution in [3.8, 4) is 0 Å². The minimum Gasteiger partial charge on any atom is -0.393 e. The molecule has 0 radical (unpaired) electrons. The Morgan fingerprint density at radius 1 is 1.50 bits per heavy atom. The Hall–Kier alpha value is -1.89. The van der Waals surface area contributed by atoms with E-state index in [-0.39, 0.29) is 18.6 Å². The zero-order valence-electron chi connectivity index (χ0n) is 9.76. The van der Waals surface area contributed by atoms with Crippen molar-refractivity contribution in [1.29, 1.82) is 0 Å². The second-order valence-electron chi connectivity index (χ2n) is 4.53. The van der Waals surface area contributed by atoms with Crippen LogP contribution in [-0.4, -0.2) is 33.2 Å². The summed E-state index contributed by atoms with van der Waals surface area (Å²) in [6, 6.07) is 1.19. The first kappa shape index (κ1) is 12.6. The quantitative estimate of drug-likeness (QED) is 0.602. The Kier molecular flexibility index (Phi) is 3.61. The zero-order chi connectivity index (χ0) is 13.1. The van der Waals surface area contributed by atoms with Crippen LogP contribution in [0.4, 0.5) is 0 Å². The third-order valence-corrected chi connectivity index (χ3v) is 3.01. The van der Waals surface area contributed by atoms with Crippen molar-refractivity contribution in [1.82, 2.24) is 14.9 Å². The van der Waals surface area contributed by atoms with E-state index in [1.165, 1.54) is 12.3 Å². The molecule has 1 heterocycles. The number of aliphatic hydroxyl groups is 1. The molecule has 1 amide bonds. The number of amides is 1. The van der Waals surface area contributed by atoms with Gasteiger partial charge in [0, 0.05) is 18.8 Å². The molecular weight excluding hydrogens is 238 g/mol. The highest BCUT2D eigenvalue weighted by Gasteiger charge is 2.27. The lowest BCUT2D eigenvalue weighted by Crippen LogP contribution is -2.41. The number of aromatic amines is 1. The van der Waals surface area contributed by atoms with Gasteiger partial charge in [-0.3, -0.25) is 19.1 Å². The van der Waals surface area contributed by atoms with Crippen LogP contribution in [0.1, 0.15) is 12.8 Å². The van der Waals surface area contributed by atoms with Gasteiger partial charge in [0.2, 0.25) is 5.91 Å². The van der Waals surface area contributed by atoms with Gasteiger partial charge in [-0.05, 0) is 18.8 Å². The van der Waals surface area contributed by atoms with E-state index in [0.717, 1.165) is 4.57 Å². The molecule has 1 aliphatic rings. The largest absolute Gasteiger partial charge is 0.393 e. The first-order valence-electron chi connectivity index (χ1n) is 5.79. The maximum Gasteiger partial charge on any atom is 0.328 e. The number of aliphatic hydroxyl groups excluding tert-OH is 1. The van der Waals surface area contributed by atoms with Crippen molar-refractivity contribution in [2.75, 3.05) is 6.54 Å². The van der Waals surface area contributed by atoms with Crippen LogP contribution in [0.25, 0.3) is 0 Å². The van der Waals surface area contributed by atoms with Crippen LogP contribution in [0.15, 0.2) is 21.9 Å². The number of hydrogen-bond acceptors (Lipinski definition) is 4. The van der Waals surface area contributed by atoms with Crippen molar-refractivity contribution >= 4 is 5.91 Å². The molecule has 0 unspecified atom stereocenters. The normalized spacial score (nSPS) is 22.3. The van der Waals surface area contributed by atoms with E-state index < -0.39 is 11.2 Å². The molecule has 0 spiro atoms. The number of nitrogens with zero attached hydrogens (tertiary/aromatic N) is 1. The Bertz CT molecular complexity index is 542. The van der Waals surface area contributed by atoms with Crippen LogP contribution in [0.2, 0.25) is 0 Å². The summed E-state index contributed by atoms with van der Waals surface area (Å²) < 4.78 is 1.13. The first-order valence-corrected chi connectivity index (χ1v) is 5.79. The number of hydrogen-bond donors (Lipinski definition) is 3. The van der Waals surface area contributed by atoms with Crippen molar-refractivity contribution < 1.29 is 9.90 Å². The van der Waals surface area contributed by atoms with Gasteiger partial charge in [-0.2, -0.15) is 0 Å². The molecule has 0 aliphatic heterocycles. The summed E-state index contributed by atoms with van der Waals surface area (Å²) >= 11 is 0. The van der Waals surface area contributed by atoms with E-state index >= 15 is 0 Å². The average molecular weight is 253 g/mol. The highest BCUT2D eigenvalue weighted by atomic mass is 16.3. The minimum atomic E-state index is -0.600. The van der Waals surface area contributed by atoms with Gasteiger partial charge in [0.25, 0.3) is 5.56 Å². The van der Waals surface area contributed by atoms with Gasteiger partial charge in [-0.15, -0.1) is 0 Å². The molecule has 0 aromatic carbocycles. The fraction of sp³-hybridized carbons (Fsp3) is 0.545. The smallest absolute Gasteiger partial charge is 0.328 e. The summed E-state index contributed by atoms with van der Waals surface area (Å²) in [6.45, 7) is 0.388. The molecule has 7 heteroatoms. The molecule has 1 aromatic heterocycles. The molecule has 0 bridgehead atoms. The molecule has 0 atom stereocenters.